The van der Waals surface area contributed by atoms with E-state index in [1.165, 1.54) is 0 Å². The highest BCUT2D eigenvalue weighted by Crippen LogP contribution is 2.26. The van der Waals surface area contributed by atoms with Gasteiger partial charge in [-0.1, -0.05) is 30.3 Å². The van der Waals surface area contributed by atoms with Crippen LogP contribution in [-0.2, 0) is 4.79 Å². The van der Waals surface area contributed by atoms with Crippen molar-refractivity contribution in [3.05, 3.63) is 90.8 Å². The number of fused-ring (bicyclic) bond motifs is 1. The van der Waals surface area contributed by atoms with Gasteiger partial charge in [-0.15, -0.1) is 0 Å². The minimum absolute atomic E-state index is 0.0178. The number of piperidine rings is 1. The number of anilines is 3. The number of likely N-dealkylation sites (tertiary alicyclic amines) is 1. The average Bonchev–Trinajstić information content (AvgIpc) is 2.89. The highest BCUT2D eigenvalue weighted by molar-refractivity contribution is 6.00. The molecule has 1 aromatic heterocycles. The maximum absolute atomic E-state index is 13.3. The summed E-state index contributed by atoms with van der Waals surface area (Å²) >= 11 is 0. The van der Waals surface area contributed by atoms with Gasteiger partial charge in [0.25, 0.3) is 5.91 Å². The van der Waals surface area contributed by atoms with Crippen molar-refractivity contribution >= 4 is 39.9 Å². The molecule has 7 heteroatoms. The van der Waals surface area contributed by atoms with Gasteiger partial charge in [-0.05, 0) is 61.2 Å². The Hall–Kier alpha value is -4.26. The molecular weight excluding hydrogens is 438 g/mol. The van der Waals surface area contributed by atoms with Crippen LogP contribution < -0.4 is 10.6 Å². The molecule has 1 saturated heterocycles. The van der Waals surface area contributed by atoms with Crippen LogP contribution in [0.25, 0.3) is 11.0 Å². The first kappa shape index (κ1) is 22.5. The zero-order valence-corrected chi connectivity index (χ0v) is 19.4. The van der Waals surface area contributed by atoms with Crippen molar-refractivity contribution in [3.63, 3.8) is 0 Å². The highest BCUT2D eigenvalue weighted by Gasteiger charge is 2.26. The van der Waals surface area contributed by atoms with Gasteiger partial charge in [-0.3, -0.25) is 19.6 Å². The zero-order chi connectivity index (χ0) is 24.0. The van der Waals surface area contributed by atoms with E-state index in [2.05, 4.69) is 20.6 Å². The minimum Gasteiger partial charge on any atom is -0.355 e. The van der Waals surface area contributed by atoms with Gasteiger partial charge >= 0.3 is 0 Å². The van der Waals surface area contributed by atoms with Gasteiger partial charge in [-0.2, -0.15) is 0 Å². The van der Waals surface area contributed by atoms with Gasteiger partial charge in [0.15, 0.2) is 0 Å². The summed E-state index contributed by atoms with van der Waals surface area (Å²) in [7, 11) is 0. The average molecular weight is 466 g/mol. The number of carbonyl (C=O) groups is 2. The summed E-state index contributed by atoms with van der Waals surface area (Å²) in [5.74, 6) is 0.247. The Balaban J connectivity index is 1.16. The zero-order valence-electron chi connectivity index (χ0n) is 19.4. The second-order valence-corrected chi connectivity index (χ2v) is 8.78. The Morgan fingerprint density at radius 1 is 0.829 bits per heavy atom. The lowest BCUT2D eigenvalue weighted by Crippen LogP contribution is -2.39. The number of hydrogen-bond acceptors (Lipinski definition) is 5. The van der Waals surface area contributed by atoms with E-state index in [0.29, 0.717) is 25.1 Å². The molecule has 4 aromatic rings. The van der Waals surface area contributed by atoms with Crippen molar-refractivity contribution in [2.45, 2.75) is 19.3 Å². The van der Waals surface area contributed by atoms with Crippen LogP contribution in [0.3, 0.4) is 0 Å². The van der Waals surface area contributed by atoms with Crippen LogP contribution >= 0.6 is 0 Å². The van der Waals surface area contributed by atoms with Crippen molar-refractivity contribution < 1.29 is 9.59 Å². The highest BCUT2D eigenvalue weighted by atomic mass is 16.2. The molecule has 7 nitrogen and oxygen atoms in total. The lowest BCUT2D eigenvalue weighted by molar-refractivity contribution is -0.117. The Labute approximate surface area is 204 Å². The van der Waals surface area contributed by atoms with E-state index in [9.17, 15) is 9.59 Å². The number of nitrogens with zero attached hydrogens (tertiary/aromatic N) is 3. The molecule has 0 atom stereocenters. The molecule has 1 aliphatic rings. The van der Waals surface area contributed by atoms with Gasteiger partial charge in [0.05, 0.1) is 22.3 Å². The fraction of sp³-hybridized carbons (Fsp3) is 0.214. The van der Waals surface area contributed by atoms with Crippen molar-refractivity contribution in [3.8, 4) is 0 Å². The molecule has 35 heavy (non-hydrogen) atoms. The lowest BCUT2D eigenvalue weighted by atomic mass is 9.92. The van der Waals surface area contributed by atoms with Crippen molar-refractivity contribution in [1.29, 1.82) is 0 Å². The predicted molar refractivity (Wildman–Crippen MR) is 138 cm³/mol. The molecule has 176 valence electrons. The molecule has 2 amide bonds. The van der Waals surface area contributed by atoms with Crippen molar-refractivity contribution in [1.82, 2.24) is 14.9 Å². The number of carbonyl (C=O) groups excluding carboxylic acids is 2. The van der Waals surface area contributed by atoms with Crippen LogP contribution in [0.15, 0.2) is 85.2 Å². The molecule has 2 N–H and O–H groups in total. The Kier molecular flexibility index (Phi) is 6.66. The maximum Gasteiger partial charge on any atom is 0.255 e. The number of benzene rings is 3. The molecule has 0 spiro atoms. The monoisotopic (exact) mass is 465 g/mol. The van der Waals surface area contributed by atoms with Crippen LogP contribution in [0.4, 0.5) is 17.1 Å². The molecule has 0 aliphatic carbocycles. The van der Waals surface area contributed by atoms with Crippen LogP contribution in [0.2, 0.25) is 0 Å². The molecule has 0 bridgehead atoms. The van der Waals surface area contributed by atoms with E-state index in [-0.39, 0.29) is 17.7 Å². The van der Waals surface area contributed by atoms with Gasteiger partial charge in [0, 0.05) is 43.3 Å². The molecule has 0 unspecified atom stereocenters. The summed E-state index contributed by atoms with van der Waals surface area (Å²) < 4.78 is 0. The number of nitrogens with one attached hydrogen (secondary N) is 2. The second kappa shape index (κ2) is 10.3. The third-order valence-corrected chi connectivity index (χ3v) is 6.34. The second-order valence-electron chi connectivity index (χ2n) is 8.78. The molecule has 1 fully saturated rings. The van der Waals surface area contributed by atoms with Crippen LogP contribution in [0, 0.1) is 5.92 Å². The van der Waals surface area contributed by atoms with Gasteiger partial charge in [0.2, 0.25) is 5.91 Å². The van der Waals surface area contributed by atoms with E-state index >= 15 is 0 Å². The topological polar surface area (TPSA) is 87.2 Å². The van der Waals surface area contributed by atoms with Crippen LogP contribution in [0.5, 0.6) is 0 Å². The maximum atomic E-state index is 13.3. The Morgan fingerprint density at radius 2 is 1.54 bits per heavy atom. The standard InChI is InChI=1S/C28H27N5O2/c34-27(32-22-10-11-25-26(19-22)30-15-14-29-25)18-20-12-16-33(17-13-20)28(35)23-8-4-5-9-24(23)31-21-6-2-1-3-7-21/h1-11,14-15,19-20,31H,12-13,16-18H2,(H,32,34). The largest absolute Gasteiger partial charge is 0.355 e. The number of hydrogen-bond donors (Lipinski definition) is 2. The SMILES string of the molecule is O=C(CC1CCN(C(=O)c2ccccc2Nc2ccccc2)CC1)Nc1ccc2nccnc2c1. The summed E-state index contributed by atoms with van der Waals surface area (Å²) in [4.78, 5) is 36.4. The first-order valence-electron chi connectivity index (χ1n) is 11.9. The molecule has 3 aromatic carbocycles. The third kappa shape index (κ3) is 5.46. The fourth-order valence-electron chi connectivity index (χ4n) is 4.48. The van der Waals surface area contributed by atoms with E-state index < -0.39 is 0 Å². The normalized spacial score (nSPS) is 14.0. The number of para-hydroxylation sites is 2. The minimum atomic E-state index is -0.0181. The summed E-state index contributed by atoms with van der Waals surface area (Å²) in [6.07, 6.45) is 5.33. The summed E-state index contributed by atoms with van der Waals surface area (Å²) in [6, 6.07) is 23.0. The molecule has 0 radical (unpaired) electrons. The van der Waals surface area contributed by atoms with Crippen LogP contribution in [0.1, 0.15) is 29.6 Å². The Bertz CT molecular complexity index is 1330. The van der Waals surface area contributed by atoms with Crippen LogP contribution in [-0.4, -0.2) is 39.8 Å². The number of amides is 2. The number of rotatable bonds is 6. The van der Waals surface area contributed by atoms with Crippen molar-refractivity contribution in [2.24, 2.45) is 5.92 Å². The molecular formula is C28H27N5O2. The van der Waals surface area contributed by atoms with Gasteiger partial charge in [-0.25, -0.2) is 0 Å². The van der Waals surface area contributed by atoms with E-state index in [1.807, 2.05) is 77.7 Å². The van der Waals surface area contributed by atoms with E-state index in [1.54, 1.807) is 12.4 Å². The predicted octanol–water partition coefficient (Wildman–Crippen LogP) is 5.25. The number of aromatic nitrogens is 2. The lowest BCUT2D eigenvalue weighted by Gasteiger charge is -2.32. The van der Waals surface area contributed by atoms with E-state index in [4.69, 9.17) is 0 Å². The fourth-order valence-corrected chi connectivity index (χ4v) is 4.48. The van der Waals surface area contributed by atoms with Crippen molar-refractivity contribution in [2.75, 3.05) is 23.7 Å². The molecule has 1 aliphatic heterocycles. The van der Waals surface area contributed by atoms with E-state index in [0.717, 1.165) is 40.9 Å². The Morgan fingerprint density at radius 3 is 2.34 bits per heavy atom. The smallest absolute Gasteiger partial charge is 0.255 e. The summed E-state index contributed by atoms with van der Waals surface area (Å²) in [5.41, 5.74) is 4.66. The molecule has 0 saturated carbocycles. The first-order chi connectivity index (χ1) is 17.2. The third-order valence-electron chi connectivity index (χ3n) is 6.34. The van der Waals surface area contributed by atoms with Gasteiger partial charge in [0.1, 0.15) is 0 Å². The summed E-state index contributed by atoms with van der Waals surface area (Å²) in [6.45, 7) is 1.28. The molecule has 5 rings (SSSR count). The molecule has 2 heterocycles. The summed E-state index contributed by atoms with van der Waals surface area (Å²) in [5, 5.41) is 6.33. The first-order valence-corrected chi connectivity index (χ1v) is 11.9. The van der Waals surface area contributed by atoms with Gasteiger partial charge < -0.3 is 15.5 Å². The quantitative estimate of drug-likeness (QED) is 0.406.